The molecule has 6 heteroatoms. The fourth-order valence-electron chi connectivity index (χ4n) is 4.18. The molecule has 0 aromatic heterocycles. The first kappa shape index (κ1) is 24.1. The van der Waals surface area contributed by atoms with Gasteiger partial charge >= 0.3 is 0 Å². The van der Waals surface area contributed by atoms with Crippen molar-refractivity contribution in [2.75, 3.05) is 6.61 Å². The van der Waals surface area contributed by atoms with Gasteiger partial charge in [-0.25, -0.2) is 0 Å². The van der Waals surface area contributed by atoms with Crippen molar-refractivity contribution in [3.63, 3.8) is 0 Å². The van der Waals surface area contributed by atoms with Crippen LogP contribution in [0, 0.1) is 6.92 Å². The molecule has 172 valence electrons. The van der Waals surface area contributed by atoms with Gasteiger partial charge in [-0.3, -0.25) is 9.59 Å². The first-order chi connectivity index (χ1) is 15.5. The van der Waals surface area contributed by atoms with Crippen molar-refractivity contribution in [3.05, 3.63) is 64.7 Å². The Morgan fingerprint density at radius 2 is 1.84 bits per heavy atom. The highest BCUT2D eigenvalue weighted by atomic mass is 35.5. The minimum Gasteiger partial charge on any atom is -0.484 e. The summed E-state index contributed by atoms with van der Waals surface area (Å²) in [4.78, 5) is 28.1. The van der Waals surface area contributed by atoms with Gasteiger partial charge in [0.15, 0.2) is 6.61 Å². The summed E-state index contributed by atoms with van der Waals surface area (Å²) in [6.45, 7) is 4.06. The molecule has 1 aliphatic carbocycles. The highest BCUT2D eigenvalue weighted by Gasteiger charge is 2.30. The number of benzene rings is 2. The standard InChI is InChI=1S/C26H33ClN2O3/c1-3-24(26(31)28-21-12-8-5-9-13-21)29(17-20-10-6-4-7-11-20)25(30)18-32-22-14-15-23(27)19(2)16-22/h4,6-7,10-11,14-16,21,24H,3,5,8-9,12-13,17-18H2,1-2H3,(H,28,31)/t24-/m1/s1. The monoisotopic (exact) mass is 456 g/mol. The summed E-state index contributed by atoms with van der Waals surface area (Å²) in [5.74, 6) is 0.290. The summed E-state index contributed by atoms with van der Waals surface area (Å²) in [5, 5.41) is 3.84. The molecule has 0 unspecified atom stereocenters. The first-order valence-corrected chi connectivity index (χ1v) is 11.9. The minimum atomic E-state index is -0.541. The van der Waals surface area contributed by atoms with Crippen LogP contribution >= 0.6 is 11.6 Å². The lowest BCUT2D eigenvalue weighted by Crippen LogP contribution is -2.52. The van der Waals surface area contributed by atoms with Crippen LogP contribution in [0.2, 0.25) is 5.02 Å². The summed E-state index contributed by atoms with van der Waals surface area (Å²) in [6.07, 6.45) is 6.06. The van der Waals surface area contributed by atoms with Gasteiger partial charge in [0.1, 0.15) is 11.8 Å². The number of carbonyl (C=O) groups is 2. The van der Waals surface area contributed by atoms with Crippen LogP contribution in [0.15, 0.2) is 48.5 Å². The van der Waals surface area contributed by atoms with Gasteiger partial charge in [-0.2, -0.15) is 0 Å². The maximum atomic E-state index is 13.3. The van der Waals surface area contributed by atoms with Crippen molar-refractivity contribution in [1.82, 2.24) is 10.2 Å². The highest BCUT2D eigenvalue weighted by molar-refractivity contribution is 6.31. The predicted octanol–water partition coefficient (Wildman–Crippen LogP) is 5.28. The summed E-state index contributed by atoms with van der Waals surface area (Å²) in [7, 11) is 0. The van der Waals surface area contributed by atoms with E-state index in [-0.39, 0.29) is 24.5 Å². The van der Waals surface area contributed by atoms with E-state index < -0.39 is 6.04 Å². The van der Waals surface area contributed by atoms with Gasteiger partial charge in [0.25, 0.3) is 5.91 Å². The van der Waals surface area contributed by atoms with E-state index in [1.807, 2.05) is 50.2 Å². The van der Waals surface area contributed by atoms with Gasteiger partial charge < -0.3 is 15.0 Å². The number of rotatable bonds is 9. The second kappa shape index (κ2) is 11.9. The number of aryl methyl sites for hydroxylation is 1. The van der Waals surface area contributed by atoms with Gasteiger partial charge in [-0.1, -0.05) is 68.1 Å². The van der Waals surface area contributed by atoms with Gasteiger partial charge in [0, 0.05) is 17.6 Å². The summed E-state index contributed by atoms with van der Waals surface area (Å²) >= 11 is 6.08. The van der Waals surface area contributed by atoms with Crippen LogP contribution in [0.5, 0.6) is 5.75 Å². The molecule has 1 fully saturated rings. The topological polar surface area (TPSA) is 58.6 Å². The van der Waals surface area contributed by atoms with E-state index in [9.17, 15) is 9.59 Å². The fourth-order valence-corrected chi connectivity index (χ4v) is 4.30. The normalized spacial score (nSPS) is 15.1. The average molecular weight is 457 g/mol. The molecule has 2 amide bonds. The third kappa shape index (κ3) is 6.73. The Labute approximate surface area is 196 Å². The molecule has 2 aromatic carbocycles. The number of nitrogens with one attached hydrogen (secondary N) is 1. The molecular weight excluding hydrogens is 424 g/mol. The lowest BCUT2D eigenvalue weighted by Gasteiger charge is -2.32. The SMILES string of the molecule is CC[C@H](C(=O)NC1CCCCC1)N(Cc1ccccc1)C(=O)COc1ccc(Cl)c(C)c1. The van der Waals surface area contributed by atoms with Crippen LogP contribution in [0.3, 0.4) is 0 Å². The van der Waals surface area contributed by atoms with Crippen molar-refractivity contribution in [1.29, 1.82) is 0 Å². The smallest absolute Gasteiger partial charge is 0.261 e. The Hall–Kier alpha value is -2.53. The van der Waals surface area contributed by atoms with Gasteiger partial charge in [0.05, 0.1) is 0 Å². The van der Waals surface area contributed by atoms with E-state index in [0.717, 1.165) is 36.8 Å². The largest absolute Gasteiger partial charge is 0.484 e. The molecule has 1 atom stereocenters. The molecule has 1 N–H and O–H groups in total. The Morgan fingerprint density at radius 1 is 1.12 bits per heavy atom. The number of hydrogen-bond donors (Lipinski definition) is 1. The lowest BCUT2D eigenvalue weighted by molar-refractivity contribution is -0.143. The van der Waals surface area contributed by atoms with Gasteiger partial charge in [0.2, 0.25) is 5.91 Å². The molecule has 1 aliphatic rings. The van der Waals surface area contributed by atoms with E-state index in [2.05, 4.69) is 5.32 Å². The summed E-state index contributed by atoms with van der Waals surface area (Å²) in [5.41, 5.74) is 1.86. The second-order valence-corrected chi connectivity index (χ2v) is 8.88. The van der Waals surface area contributed by atoms with Crippen molar-refractivity contribution < 1.29 is 14.3 Å². The van der Waals surface area contributed by atoms with E-state index >= 15 is 0 Å². The summed E-state index contributed by atoms with van der Waals surface area (Å²) < 4.78 is 5.77. The quantitative estimate of drug-likeness (QED) is 0.558. The van der Waals surface area contributed by atoms with Gasteiger partial charge in [-0.15, -0.1) is 0 Å². The molecule has 3 rings (SSSR count). The number of nitrogens with zero attached hydrogens (tertiary/aromatic N) is 1. The van der Waals surface area contributed by atoms with Gasteiger partial charge in [-0.05, 0) is 55.5 Å². The molecule has 0 heterocycles. The highest BCUT2D eigenvalue weighted by Crippen LogP contribution is 2.22. The number of halogens is 1. The Bertz CT molecular complexity index is 897. The maximum absolute atomic E-state index is 13.3. The number of ether oxygens (including phenoxy) is 1. The number of hydrogen-bond acceptors (Lipinski definition) is 3. The van der Waals surface area contributed by atoms with E-state index in [1.165, 1.54) is 6.42 Å². The third-order valence-electron chi connectivity index (χ3n) is 6.02. The fraction of sp³-hybridized carbons (Fsp3) is 0.462. The first-order valence-electron chi connectivity index (χ1n) is 11.5. The Balaban J connectivity index is 1.73. The molecule has 2 aromatic rings. The van der Waals surface area contributed by atoms with Crippen molar-refractivity contribution in [3.8, 4) is 5.75 Å². The van der Waals surface area contributed by atoms with E-state index in [0.29, 0.717) is 23.7 Å². The zero-order valence-electron chi connectivity index (χ0n) is 19.0. The average Bonchev–Trinajstić information content (AvgIpc) is 2.81. The molecule has 0 spiro atoms. The van der Waals surface area contributed by atoms with Crippen molar-refractivity contribution >= 4 is 23.4 Å². The van der Waals surface area contributed by atoms with E-state index in [1.54, 1.807) is 17.0 Å². The summed E-state index contributed by atoms with van der Waals surface area (Å²) in [6, 6.07) is 14.7. The Morgan fingerprint density at radius 3 is 2.50 bits per heavy atom. The zero-order valence-corrected chi connectivity index (χ0v) is 19.7. The van der Waals surface area contributed by atoms with Crippen LogP contribution in [-0.2, 0) is 16.1 Å². The molecule has 0 radical (unpaired) electrons. The van der Waals surface area contributed by atoms with Crippen molar-refractivity contribution in [2.45, 2.75) is 71.0 Å². The van der Waals surface area contributed by atoms with Crippen LogP contribution in [0.25, 0.3) is 0 Å². The van der Waals surface area contributed by atoms with Crippen LogP contribution < -0.4 is 10.1 Å². The minimum absolute atomic E-state index is 0.0778. The number of carbonyl (C=O) groups excluding carboxylic acids is 2. The third-order valence-corrected chi connectivity index (χ3v) is 6.45. The molecular formula is C26H33ClN2O3. The molecule has 32 heavy (non-hydrogen) atoms. The molecule has 0 saturated heterocycles. The molecule has 5 nitrogen and oxygen atoms in total. The molecule has 1 saturated carbocycles. The van der Waals surface area contributed by atoms with E-state index in [4.69, 9.17) is 16.3 Å². The van der Waals surface area contributed by atoms with Crippen molar-refractivity contribution in [2.24, 2.45) is 0 Å². The zero-order chi connectivity index (χ0) is 22.9. The molecule has 0 bridgehead atoms. The molecule has 0 aliphatic heterocycles. The van der Waals surface area contributed by atoms with Crippen LogP contribution in [0.1, 0.15) is 56.6 Å². The number of amides is 2. The lowest BCUT2D eigenvalue weighted by atomic mass is 9.95. The van der Waals surface area contributed by atoms with Crippen LogP contribution in [0.4, 0.5) is 0 Å². The van der Waals surface area contributed by atoms with Crippen LogP contribution in [-0.4, -0.2) is 35.4 Å². The predicted molar refractivity (Wildman–Crippen MR) is 128 cm³/mol. The maximum Gasteiger partial charge on any atom is 0.261 e. The second-order valence-electron chi connectivity index (χ2n) is 8.47. The Kier molecular flexibility index (Phi) is 8.98.